The van der Waals surface area contributed by atoms with Crippen molar-refractivity contribution in [3.63, 3.8) is 0 Å². The molecule has 0 aromatic carbocycles. The van der Waals surface area contributed by atoms with Crippen molar-refractivity contribution in [2.75, 3.05) is 0 Å². The van der Waals surface area contributed by atoms with Gasteiger partial charge in [0.15, 0.2) is 0 Å². The fourth-order valence-electron chi connectivity index (χ4n) is 3.59. The van der Waals surface area contributed by atoms with E-state index in [2.05, 4.69) is 0 Å². The zero-order chi connectivity index (χ0) is 22.6. The summed E-state index contributed by atoms with van der Waals surface area (Å²) >= 11 is 0. The molecule has 18 heteroatoms. The molecule has 2 bridgehead atoms. The number of nitrogens with zero attached hydrogens (tertiary/aromatic N) is 1. The van der Waals surface area contributed by atoms with Gasteiger partial charge in [0.1, 0.15) is 0 Å². The molecule has 0 radical (unpaired) electrons. The second-order valence-corrected chi connectivity index (χ2v) is 6.23. The van der Waals surface area contributed by atoms with Crippen LogP contribution >= 0.6 is 0 Å². The Morgan fingerprint density at radius 2 is 0.607 bits per heavy atom. The van der Waals surface area contributed by atoms with Gasteiger partial charge in [-0.1, -0.05) is 0 Å². The fourth-order valence-corrected chi connectivity index (χ4v) is 3.59. The van der Waals surface area contributed by atoms with Crippen LogP contribution in [0.5, 0.6) is 0 Å². The topological polar surface area (TPSA) is 3.24 Å². The molecule has 0 N–H and O–H groups in total. The Bertz CT molecular complexity index is 722. The average molecular weight is 457 g/mol. The van der Waals surface area contributed by atoms with Gasteiger partial charge in [0.25, 0.3) is 5.79 Å². The highest BCUT2D eigenvalue weighted by Crippen LogP contribution is 2.84. The minimum atomic E-state index is -8.15. The second-order valence-electron chi connectivity index (χ2n) is 6.23. The van der Waals surface area contributed by atoms with Gasteiger partial charge >= 0.3 is 53.0 Å². The summed E-state index contributed by atoms with van der Waals surface area (Å²) in [5.74, 6) is -62.7. The lowest BCUT2D eigenvalue weighted by Crippen LogP contribution is -3.01. The van der Waals surface area contributed by atoms with Crippen molar-refractivity contribution < 1.29 is 74.6 Å². The van der Waals surface area contributed by atoms with Crippen LogP contribution in [-0.4, -0.2) is 63.7 Å². The Hall–Kier alpha value is -1.23. The normalized spacial score (nSPS) is 48.3. The molecule has 1 nitrogen and oxygen atoms in total. The SMILES string of the molecule is FC1(F)N2C3(F)C(F)(F)C(F)(F)C(F)(C(F)(F)C3(F)F)C2(F)C(F)(F)C1(F)F. The van der Waals surface area contributed by atoms with Gasteiger partial charge in [0.05, 0.1) is 0 Å². The quantitative estimate of drug-likeness (QED) is 0.374. The zero-order valence-electron chi connectivity index (χ0n) is 11.9. The molecule has 1 atom stereocenters. The highest BCUT2D eigenvalue weighted by atomic mass is 19.4. The van der Waals surface area contributed by atoms with Crippen LogP contribution in [0.2, 0.25) is 0 Å². The molecule has 0 aromatic heterocycles. The van der Waals surface area contributed by atoms with E-state index in [9.17, 15) is 74.6 Å². The third-order valence-corrected chi connectivity index (χ3v) is 5.03. The molecule has 3 saturated heterocycles. The molecule has 4 aliphatic rings. The van der Waals surface area contributed by atoms with E-state index in [1.54, 1.807) is 0 Å². The summed E-state index contributed by atoms with van der Waals surface area (Å²) < 4.78 is 233. The van der Waals surface area contributed by atoms with Gasteiger partial charge < -0.3 is 0 Å². The first-order valence-corrected chi connectivity index (χ1v) is 6.38. The summed E-state index contributed by atoms with van der Waals surface area (Å²) in [4.78, 5) is -3.93. The minimum Gasteiger partial charge on any atom is -0.224 e. The van der Waals surface area contributed by atoms with Crippen LogP contribution in [-0.2, 0) is 0 Å². The van der Waals surface area contributed by atoms with E-state index < -0.39 is 63.7 Å². The van der Waals surface area contributed by atoms with E-state index in [4.69, 9.17) is 0 Å². The lowest BCUT2D eigenvalue weighted by atomic mass is 9.60. The predicted octanol–water partition coefficient (Wildman–Crippen LogP) is 4.77. The van der Waals surface area contributed by atoms with Gasteiger partial charge in [-0.15, -0.1) is 0 Å². The summed E-state index contributed by atoms with van der Waals surface area (Å²) in [6, 6.07) is -7.60. The number of hydrogen-bond acceptors (Lipinski definition) is 1. The van der Waals surface area contributed by atoms with E-state index in [0.717, 1.165) is 0 Å². The maximum Gasteiger partial charge on any atom is 0.391 e. The van der Waals surface area contributed by atoms with Crippen LogP contribution in [0.1, 0.15) is 0 Å². The average Bonchev–Trinajstić information content (AvgIpc) is 2.57. The van der Waals surface area contributed by atoms with Gasteiger partial charge in [0, 0.05) is 0 Å². The molecule has 3 aliphatic heterocycles. The second kappa shape index (κ2) is 4.14. The van der Waals surface area contributed by atoms with Gasteiger partial charge in [-0.25, -0.2) is 13.2 Å². The highest BCUT2D eigenvalue weighted by Gasteiger charge is 3.18. The molecule has 1 aliphatic carbocycles. The third kappa shape index (κ3) is 1.23. The molecular weight excluding hydrogens is 457 g/mol. The van der Waals surface area contributed by atoms with Crippen LogP contribution in [0.3, 0.4) is 0 Å². The fraction of sp³-hybridized carbons (Fsp3) is 1.00. The largest absolute Gasteiger partial charge is 0.391 e. The van der Waals surface area contributed by atoms with E-state index in [0.29, 0.717) is 0 Å². The standard InChI is InChI=1S/C10F17N/c11-1-2(12,13)4(16,17)9(25,5(18,19)3(1,14)15)28-8(1,24)6(20,21)7(22,23)10(28,26)27. The number of rotatable bonds is 0. The Balaban J connectivity index is 2.66. The Morgan fingerprint density at radius 3 is 0.929 bits per heavy atom. The summed E-state index contributed by atoms with van der Waals surface area (Å²) in [5.41, 5.74) is -8.15. The van der Waals surface area contributed by atoms with E-state index in [1.807, 2.05) is 0 Å². The van der Waals surface area contributed by atoms with Gasteiger partial charge in [-0.2, -0.15) is 66.4 Å². The molecule has 4 fully saturated rings. The first-order chi connectivity index (χ1) is 11.9. The Morgan fingerprint density at radius 1 is 0.321 bits per heavy atom. The lowest BCUT2D eigenvalue weighted by molar-refractivity contribution is -0.574. The molecule has 0 spiro atoms. The van der Waals surface area contributed by atoms with Crippen molar-refractivity contribution in [2.24, 2.45) is 0 Å². The number of halogens is 17. The third-order valence-electron chi connectivity index (χ3n) is 5.03. The van der Waals surface area contributed by atoms with Gasteiger partial charge in [-0.3, -0.25) is 0 Å². The summed E-state index contributed by atoms with van der Waals surface area (Å²) in [5, 5.41) is 0. The van der Waals surface area contributed by atoms with Crippen LogP contribution < -0.4 is 0 Å². The lowest BCUT2D eigenvalue weighted by Gasteiger charge is -2.66. The molecule has 164 valence electrons. The van der Waals surface area contributed by atoms with E-state index in [-0.39, 0.29) is 0 Å². The van der Waals surface area contributed by atoms with Crippen molar-refractivity contribution in [3.8, 4) is 0 Å². The molecule has 0 aromatic rings. The molecule has 28 heavy (non-hydrogen) atoms. The van der Waals surface area contributed by atoms with Crippen molar-refractivity contribution in [1.29, 1.82) is 0 Å². The molecule has 3 heterocycles. The molecule has 4 rings (SSSR count). The van der Waals surface area contributed by atoms with Gasteiger partial charge in [0.2, 0.25) is 0 Å². The van der Waals surface area contributed by atoms with Crippen LogP contribution in [0, 0.1) is 0 Å². The van der Waals surface area contributed by atoms with Crippen LogP contribution in [0.25, 0.3) is 0 Å². The number of piperidine rings is 2. The zero-order valence-corrected chi connectivity index (χ0v) is 11.9. The Kier molecular flexibility index (Phi) is 3.18. The first-order valence-electron chi connectivity index (χ1n) is 6.38. The maximum absolute atomic E-state index is 14.5. The minimum absolute atomic E-state index is 3.93. The molecule has 1 saturated carbocycles. The predicted molar refractivity (Wildman–Crippen MR) is 48.0 cm³/mol. The molecule has 0 amide bonds. The molecule has 1 unspecified atom stereocenters. The van der Waals surface area contributed by atoms with Crippen molar-refractivity contribution in [3.05, 3.63) is 0 Å². The number of alkyl halides is 17. The first kappa shape index (κ1) is 21.5. The summed E-state index contributed by atoms with van der Waals surface area (Å²) in [6.07, 6.45) is 0. The van der Waals surface area contributed by atoms with Crippen molar-refractivity contribution in [2.45, 2.75) is 58.8 Å². The van der Waals surface area contributed by atoms with E-state index >= 15 is 0 Å². The van der Waals surface area contributed by atoms with Crippen LogP contribution in [0.15, 0.2) is 0 Å². The van der Waals surface area contributed by atoms with Crippen molar-refractivity contribution in [1.82, 2.24) is 4.90 Å². The maximum atomic E-state index is 14.5. The molecular formula is C10F17N. The van der Waals surface area contributed by atoms with Gasteiger partial charge in [-0.05, 0) is 0 Å². The van der Waals surface area contributed by atoms with E-state index in [1.165, 1.54) is 0 Å². The summed E-state index contributed by atoms with van der Waals surface area (Å²) in [7, 11) is 0. The van der Waals surface area contributed by atoms with Crippen molar-refractivity contribution >= 4 is 0 Å². The Labute approximate surface area is 140 Å². The van der Waals surface area contributed by atoms with Crippen LogP contribution in [0.4, 0.5) is 74.6 Å². The monoisotopic (exact) mass is 457 g/mol. The smallest absolute Gasteiger partial charge is 0.224 e. The number of fused-ring (bicyclic) bond motifs is 2. The highest BCUT2D eigenvalue weighted by molar-refractivity contribution is 5.44. The number of hydrogen-bond donors (Lipinski definition) is 0. The summed E-state index contributed by atoms with van der Waals surface area (Å²) in [6.45, 7) is 0.